The Balaban J connectivity index is 2.05. The van der Waals surface area contributed by atoms with E-state index in [0.29, 0.717) is 0 Å². The summed E-state index contributed by atoms with van der Waals surface area (Å²) in [5, 5.41) is 11.8. The van der Waals surface area contributed by atoms with Gasteiger partial charge in [0.05, 0.1) is 11.1 Å². The van der Waals surface area contributed by atoms with Gasteiger partial charge in [-0.15, -0.1) is 0 Å². The summed E-state index contributed by atoms with van der Waals surface area (Å²) in [5.41, 5.74) is 1.39. The maximum Gasteiger partial charge on any atom is 0.0897 e. The number of rotatable bonds is 1. The molecule has 1 saturated carbocycles. The van der Waals surface area contributed by atoms with Gasteiger partial charge in [-0.2, -0.15) is 0 Å². The first-order valence-electron chi connectivity index (χ1n) is 6.36. The van der Waals surface area contributed by atoms with Gasteiger partial charge in [0.1, 0.15) is 0 Å². The monoisotopic (exact) mass is 227 g/mol. The molecule has 1 aliphatic carbocycles. The second-order valence-corrected chi connectivity index (χ2v) is 5.00. The van der Waals surface area contributed by atoms with Crippen LogP contribution in [0.4, 0.5) is 0 Å². The van der Waals surface area contributed by atoms with Crippen LogP contribution in [0.15, 0.2) is 36.5 Å². The number of hydrogen-bond acceptors (Lipinski definition) is 2. The van der Waals surface area contributed by atoms with Crippen molar-refractivity contribution in [1.82, 2.24) is 4.98 Å². The molecule has 2 heteroatoms. The van der Waals surface area contributed by atoms with Crippen LogP contribution in [0.2, 0.25) is 0 Å². The average Bonchev–Trinajstić information content (AvgIpc) is 2.39. The fourth-order valence-corrected chi connectivity index (χ4v) is 2.78. The third-order valence-corrected chi connectivity index (χ3v) is 3.82. The minimum atomic E-state index is -0.621. The van der Waals surface area contributed by atoms with Gasteiger partial charge in [-0.05, 0) is 30.5 Å². The minimum absolute atomic E-state index is 0.621. The quantitative estimate of drug-likeness (QED) is 0.810. The van der Waals surface area contributed by atoms with E-state index in [2.05, 4.69) is 23.2 Å². The molecule has 2 nitrogen and oxygen atoms in total. The smallest absolute Gasteiger partial charge is 0.0897 e. The van der Waals surface area contributed by atoms with Gasteiger partial charge in [0.2, 0.25) is 0 Å². The second kappa shape index (κ2) is 4.11. The van der Waals surface area contributed by atoms with Gasteiger partial charge in [0, 0.05) is 11.6 Å². The molecule has 0 bridgehead atoms. The Morgan fingerprint density at radius 1 is 1.06 bits per heavy atom. The van der Waals surface area contributed by atoms with Crippen molar-refractivity contribution in [1.29, 1.82) is 0 Å². The molecule has 3 rings (SSSR count). The third-order valence-electron chi connectivity index (χ3n) is 3.82. The van der Waals surface area contributed by atoms with Gasteiger partial charge in [-0.1, -0.05) is 37.5 Å². The van der Waals surface area contributed by atoms with Crippen LogP contribution in [0, 0.1) is 0 Å². The highest BCUT2D eigenvalue weighted by atomic mass is 16.3. The second-order valence-electron chi connectivity index (χ2n) is 5.00. The molecular weight excluding hydrogens is 210 g/mol. The van der Waals surface area contributed by atoms with Crippen molar-refractivity contribution in [3.8, 4) is 0 Å². The lowest BCUT2D eigenvalue weighted by Gasteiger charge is -2.32. The van der Waals surface area contributed by atoms with Gasteiger partial charge >= 0.3 is 0 Å². The van der Waals surface area contributed by atoms with Gasteiger partial charge < -0.3 is 5.11 Å². The maximum atomic E-state index is 10.7. The van der Waals surface area contributed by atoms with E-state index in [0.717, 1.165) is 42.1 Å². The molecule has 0 saturated heterocycles. The fraction of sp³-hybridized carbons (Fsp3) is 0.400. The first kappa shape index (κ1) is 10.7. The fourth-order valence-electron chi connectivity index (χ4n) is 2.78. The van der Waals surface area contributed by atoms with Crippen molar-refractivity contribution in [2.45, 2.75) is 37.7 Å². The Morgan fingerprint density at radius 3 is 2.71 bits per heavy atom. The molecule has 1 aliphatic rings. The summed E-state index contributed by atoms with van der Waals surface area (Å²) in [5.74, 6) is 0. The highest BCUT2D eigenvalue weighted by Gasteiger charge is 2.31. The molecule has 1 aromatic heterocycles. The van der Waals surface area contributed by atoms with E-state index in [4.69, 9.17) is 0 Å². The third kappa shape index (κ3) is 1.93. The van der Waals surface area contributed by atoms with Crippen molar-refractivity contribution in [3.05, 3.63) is 42.1 Å². The Labute approximate surface area is 101 Å². The number of hydrogen-bond donors (Lipinski definition) is 1. The average molecular weight is 227 g/mol. The highest BCUT2D eigenvalue weighted by molar-refractivity contribution is 5.79. The van der Waals surface area contributed by atoms with Crippen molar-refractivity contribution in [2.75, 3.05) is 0 Å². The van der Waals surface area contributed by atoms with E-state index in [-0.39, 0.29) is 0 Å². The largest absolute Gasteiger partial charge is 0.385 e. The Morgan fingerprint density at radius 2 is 1.88 bits per heavy atom. The van der Waals surface area contributed by atoms with Crippen LogP contribution in [0.25, 0.3) is 10.9 Å². The summed E-state index contributed by atoms with van der Waals surface area (Å²) in [4.78, 5) is 4.36. The molecule has 0 unspecified atom stereocenters. The summed E-state index contributed by atoms with van der Waals surface area (Å²) < 4.78 is 0. The van der Waals surface area contributed by atoms with Crippen LogP contribution >= 0.6 is 0 Å². The van der Waals surface area contributed by atoms with E-state index in [1.54, 1.807) is 6.20 Å². The topological polar surface area (TPSA) is 33.1 Å². The molecule has 1 aromatic carbocycles. The van der Waals surface area contributed by atoms with E-state index < -0.39 is 5.60 Å². The molecule has 88 valence electrons. The van der Waals surface area contributed by atoms with E-state index in [9.17, 15) is 5.11 Å². The number of pyridine rings is 1. The van der Waals surface area contributed by atoms with Crippen LogP contribution in [0.1, 0.15) is 37.7 Å². The van der Waals surface area contributed by atoms with Crippen LogP contribution in [0.5, 0.6) is 0 Å². The number of aromatic nitrogens is 1. The van der Waals surface area contributed by atoms with Crippen molar-refractivity contribution in [2.24, 2.45) is 0 Å². The van der Waals surface area contributed by atoms with Gasteiger partial charge in [-0.25, -0.2) is 0 Å². The molecule has 1 heterocycles. The highest BCUT2D eigenvalue weighted by Crippen LogP contribution is 2.37. The molecule has 1 fully saturated rings. The van der Waals surface area contributed by atoms with E-state index in [1.807, 2.05) is 12.1 Å². The molecule has 2 aromatic rings. The number of nitrogens with zero attached hydrogens (tertiary/aromatic N) is 1. The van der Waals surface area contributed by atoms with Crippen molar-refractivity contribution < 1.29 is 5.11 Å². The molecule has 0 atom stereocenters. The molecule has 0 radical (unpaired) electrons. The lowest BCUT2D eigenvalue weighted by molar-refractivity contribution is -0.000520. The molecule has 1 N–H and O–H groups in total. The van der Waals surface area contributed by atoms with Crippen LogP contribution in [-0.4, -0.2) is 10.1 Å². The van der Waals surface area contributed by atoms with Gasteiger partial charge in [0.15, 0.2) is 0 Å². The predicted molar refractivity (Wildman–Crippen MR) is 68.7 cm³/mol. The Hall–Kier alpha value is -1.41. The summed E-state index contributed by atoms with van der Waals surface area (Å²) >= 11 is 0. The van der Waals surface area contributed by atoms with Crippen molar-refractivity contribution >= 4 is 10.9 Å². The first-order valence-corrected chi connectivity index (χ1v) is 6.36. The molecular formula is C15H17NO. The van der Waals surface area contributed by atoms with Crippen LogP contribution in [0.3, 0.4) is 0 Å². The molecule has 0 amide bonds. The minimum Gasteiger partial charge on any atom is -0.385 e. The normalized spacial score (nSPS) is 19.4. The zero-order valence-electron chi connectivity index (χ0n) is 9.89. The van der Waals surface area contributed by atoms with Crippen molar-refractivity contribution in [3.63, 3.8) is 0 Å². The summed E-state index contributed by atoms with van der Waals surface area (Å²) in [6.45, 7) is 0. The number of aliphatic hydroxyl groups is 1. The number of benzene rings is 1. The Bertz CT molecular complexity index is 529. The van der Waals surface area contributed by atoms with Crippen LogP contribution < -0.4 is 0 Å². The van der Waals surface area contributed by atoms with E-state index >= 15 is 0 Å². The zero-order chi connectivity index (χ0) is 11.7. The maximum absolute atomic E-state index is 10.7. The lowest BCUT2D eigenvalue weighted by Crippen LogP contribution is -2.28. The Kier molecular flexibility index (Phi) is 2.60. The molecule has 0 aliphatic heterocycles. The summed E-state index contributed by atoms with van der Waals surface area (Å²) in [6, 6.07) is 10.1. The number of fused-ring (bicyclic) bond motifs is 1. The molecule has 0 spiro atoms. The first-order chi connectivity index (χ1) is 8.28. The summed E-state index contributed by atoms with van der Waals surface area (Å²) in [7, 11) is 0. The standard InChI is InChI=1S/C15H17NO/c17-15(8-2-1-3-9-15)13-7-6-12-5-4-10-16-14(12)11-13/h4-7,10-11,17H,1-3,8-9H2. The van der Waals surface area contributed by atoms with Gasteiger partial charge in [-0.3, -0.25) is 4.98 Å². The lowest BCUT2D eigenvalue weighted by atomic mass is 9.79. The SMILES string of the molecule is OC1(c2ccc3cccnc3c2)CCCCC1. The molecule has 17 heavy (non-hydrogen) atoms. The summed E-state index contributed by atoms with van der Waals surface area (Å²) in [6.07, 6.45) is 7.05. The van der Waals surface area contributed by atoms with E-state index in [1.165, 1.54) is 6.42 Å². The van der Waals surface area contributed by atoms with Gasteiger partial charge in [0.25, 0.3) is 0 Å². The predicted octanol–water partition coefficient (Wildman–Crippen LogP) is 3.39. The zero-order valence-corrected chi connectivity index (χ0v) is 9.89. The van der Waals surface area contributed by atoms with Crippen LogP contribution in [-0.2, 0) is 5.60 Å².